The van der Waals surface area contributed by atoms with Crippen LogP contribution in [0.15, 0.2) is 39.1 Å². The molecule has 8 heteroatoms. The second kappa shape index (κ2) is 9.00. The maximum atomic E-state index is 13.0. The Morgan fingerprint density at radius 1 is 1.28 bits per heavy atom. The molecule has 0 aromatic heterocycles. The van der Waals surface area contributed by atoms with Crippen molar-refractivity contribution in [3.05, 3.63) is 44.7 Å². The summed E-state index contributed by atoms with van der Waals surface area (Å²) in [6.07, 6.45) is 1.93. The molecule has 0 bridgehead atoms. The van der Waals surface area contributed by atoms with Gasteiger partial charge in [0.15, 0.2) is 17.3 Å². The van der Waals surface area contributed by atoms with Crippen molar-refractivity contribution >= 4 is 27.7 Å². The smallest absolute Gasteiger partial charge is 0.336 e. The number of carbonyl (C=O) groups is 2. The van der Waals surface area contributed by atoms with Gasteiger partial charge in [0.2, 0.25) is 0 Å². The van der Waals surface area contributed by atoms with Crippen LogP contribution in [0.2, 0.25) is 0 Å². The maximum absolute atomic E-state index is 13.0. The molecule has 29 heavy (non-hydrogen) atoms. The number of methoxy groups -OCH3 is 2. The van der Waals surface area contributed by atoms with Crippen LogP contribution in [0.4, 0.5) is 0 Å². The fourth-order valence-electron chi connectivity index (χ4n) is 3.80. The Balaban J connectivity index is 2.13. The van der Waals surface area contributed by atoms with Crippen LogP contribution in [-0.2, 0) is 19.1 Å². The molecule has 7 nitrogen and oxygen atoms in total. The molecule has 0 unspecified atom stereocenters. The number of benzene rings is 1. The quantitative estimate of drug-likeness (QED) is 0.491. The first-order valence-corrected chi connectivity index (χ1v) is 10.1. The zero-order valence-corrected chi connectivity index (χ0v) is 18.2. The van der Waals surface area contributed by atoms with Gasteiger partial charge in [-0.2, -0.15) is 0 Å². The number of allylic oxidation sites excluding steroid dienone is 3. The van der Waals surface area contributed by atoms with E-state index in [1.807, 2.05) is 0 Å². The second-order valence-electron chi connectivity index (χ2n) is 6.95. The summed E-state index contributed by atoms with van der Waals surface area (Å²) >= 11 is 3.34. The summed E-state index contributed by atoms with van der Waals surface area (Å²) in [5.41, 5.74) is 3.08. The predicted octanol–water partition coefficient (Wildman–Crippen LogP) is 3.32. The minimum Gasteiger partial charge on any atom is -0.503 e. The summed E-state index contributed by atoms with van der Waals surface area (Å²) in [5.74, 6) is -0.908. The van der Waals surface area contributed by atoms with Crippen LogP contribution in [-0.4, -0.2) is 44.3 Å². The van der Waals surface area contributed by atoms with Crippen molar-refractivity contribution in [2.24, 2.45) is 0 Å². The van der Waals surface area contributed by atoms with Crippen LogP contribution >= 0.6 is 15.9 Å². The molecule has 3 rings (SSSR count). The Hall–Kier alpha value is -2.32. The zero-order valence-electron chi connectivity index (χ0n) is 16.6. The summed E-state index contributed by atoms with van der Waals surface area (Å²) < 4.78 is 16.0. The van der Waals surface area contributed by atoms with Crippen LogP contribution in [0, 0.1) is 0 Å². The highest BCUT2D eigenvalue weighted by molar-refractivity contribution is 9.10. The molecule has 0 amide bonds. The first-order chi connectivity index (χ1) is 13.9. The Morgan fingerprint density at radius 2 is 2.03 bits per heavy atom. The lowest BCUT2D eigenvalue weighted by atomic mass is 9.75. The lowest BCUT2D eigenvalue weighted by Gasteiger charge is -2.34. The van der Waals surface area contributed by atoms with Crippen molar-refractivity contribution in [3.63, 3.8) is 0 Å². The summed E-state index contributed by atoms with van der Waals surface area (Å²) in [6.45, 7) is 2.19. The van der Waals surface area contributed by atoms with Crippen LogP contribution in [0.1, 0.15) is 37.7 Å². The van der Waals surface area contributed by atoms with E-state index in [4.69, 9.17) is 14.2 Å². The number of dihydropyridines is 1. The van der Waals surface area contributed by atoms with Crippen molar-refractivity contribution < 1.29 is 28.9 Å². The van der Waals surface area contributed by atoms with Crippen LogP contribution < -0.4 is 10.1 Å². The van der Waals surface area contributed by atoms with Gasteiger partial charge in [-0.1, -0.05) is 0 Å². The van der Waals surface area contributed by atoms with Crippen LogP contribution in [0.5, 0.6) is 11.5 Å². The molecule has 0 saturated heterocycles. The first-order valence-electron chi connectivity index (χ1n) is 9.35. The van der Waals surface area contributed by atoms with E-state index in [9.17, 15) is 14.7 Å². The van der Waals surface area contributed by atoms with E-state index in [-0.39, 0.29) is 30.5 Å². The zero-order chi connectivity index (χ0) is 21.1. The van der Waals surface area contributed by atoms with Gasteiger partial charge >= 0.3 is 5.97 Å². The summed E-state index contributed by atoms with van der Waals surface area (Å²) in [7, 11) is 2.98. The molecule has 1 atom stereocenters. The number of halogens is 1. The van der Waals surface area contributed by atoms with Gasteiger partial charge in [-0.15, -0.1) is 0 Å². The van der Waals surface area contributed by atoms with E-state index in [2.05, 4.69) is 21.2 Å². The van der Waals surface area contributed by atoms with E-state index in [0.717, 1.165) is 18.5 Å². The van der Waals surface area contributed by atoms with E-state index in [0.29, 0.717) is 33.3 Å². The molecular formula is C21H24BrNO6. The number of aromatic hydroxyl groups is 1. The average Bonchev–Trinajstić information content (AvgIpc) is 2.69. The monoisotopic (exact) mass is 465 g/mol. The minimum atomic E-state index is -0.611. The molecule has 1 aliphatic carbocycles. The number of esters is 1. The standard InChI is InChI=1S/C21H24BrNO6/c1-11-17(21(26)29-8-7-27-2)18(19-14(23-11)5-4-6-15(19)24)12-9-13(22)20(25)16(10-12)28-3/h9-10,18,23,25H,4-8H2,1-3H3/t18-/m1/s1. The van der Waals surface area contributed by atoms with Crippen molar-refractivity contribution in [1.29, 1.82) is 0 Å². The molecule has 156 valence electrons. The van der Waals surface area contributed by atoms with E-state index in [1.165, 1.54) is 14.2 Å². The number of nitrogens with one attached hydrogen (secondary N) is 1. The molecule has 0 radical (unpaired) electrons. The van der Waals surface area contributed by atoms with Gasteiger partial charge in [0.25, 0.3) is 0 Å². The van der Waals surface area contributed by atoms with Gasteiger partial charge in [-0.25, -0.2) is 4.79 Å². The number of ether oxygens (including phenoxy) is 3. The van der Waals surface area contributed by atoms with E-state index >= 15 is 0 Å². The number of ketones is 1. The number of phenols is 1. The molecule has 0 fully saturated rings. The topological polar surface area (TPSA) is 94.1 Å². The minimum absolute atomic E-state index is 0.00149. The van der Waals surface area contributed by atoms with Gasteiger partial charge in [0.1, 0.15) is 6.61 Å². The summed E-state index contributed by atoms with van der Waals surface area (Å²) in [6, 6.07) is 3.36. The Labute approximate surface area is 177 Å². The third-order valence-corrected chi connectivity index (χ3v) is 5.72. The lowest BCUT2D eigenvalue weighted by Crippen LogP contribution is -2.34. The number of carbonyl (C=O) groups excluding carboxylic acids is 2. The molecule has 1 heterocycles. The largest absolute Gasteiger partial charge is 0.503 e. The van der Waals surface area contributed by atoms with Crippen molar-refractivity contribution in [2.45, 2.75) is 32.1 Å². The highest BCUT2D eigenvalue weighted by Gasteiger charge is 2.39. The van der Waals surface area contributed by atoms with Crippen molar-refractivity contribution in [2.75, 3.05) is 27.4 Å². The fraction of sp³-hybridized carbons (Fsp3) is 0.429. The molecule has 1 aromatic rings. The van der Waals surface area contributed by atoms with Crippen molar-refractivity contribution in [1.82, 2.24) is 5.32 Å². The van der Waals surface area contributed by atoms with Gasteiger partial charge in [-0.05, 0) is 53.4 Å². The SMILES string of the molecule is COCCOC(=O)C1=C(C)NC2=C(C(=O)CCC2)[C@@H]1c1cc(Br)c(O)c(OC)c1. The van der Waals surface area contributed by atoms with Gasteiger partial charge in [0.05, 0.1) is 23.8 Å². The molecular weight excluding hydrogens is 442 g/mol. The van der Waals surface area contributed by atoms with Gasteiger partial charge in [0, 0.05) is 36.4 Å². The molecule has 1 aliphatic heterocycles. The highest BCUT2D eigenvalue weighted by atomic mass is 79.9. The Kier molecular flexibility index (Phi) is 6.64. The van der Waals surface area contributed by atoms with E-state index < -0.39 is 11.9 Å². The number of rotatable bonds is 6. The Bertz CT molecular complexity index is 905. The molecule has 2 N–H and O–H groups in total. The lowest BCUT2D eigenvalue weighted by molar-refractivity contribution is -0.140. The normalized spacial score (nSPS) is 19.0. The predicted molar refractivity (Wildman–Crippen MR) is 110 cm³/mol. The molecule has 1 aromatic carbocycles. The number of hydrogen-bond acceptors (Lipinski definition) is 7. The number of phenolic OH excluding ortho intramolecular Hbond substituents is 1. The molecule has 0 spiro atoms. The molecule has 0 saturated carbocycles. The van der Waals surface area contributed by atoms with Gasteiger partial charge < -0.3 is 24.6 Å². The summed E-state index contributed by atoms with van der Waals surface area (Å²) in [5, 5.41) is 13.4. The van der Waals surface area contributed by atoms with Crippen LogP contribution in [0.3, 0.4) is 0 Å². The fourth-order valence-corrected chi connectivity index (χ4v) is 4.26. The molecule has 2 aliphatic rings. The maximum Gasteiger partial charge on any atom is 0.336 e. The second-order valence-corrected chi connectivity index (χ2v) is 7.80. The van der Waals surface area contributed by atoms with E-state index in [1.54, 1.807) is 19.1 Å². The summed E-state index contributed by atoms with van der Waals surface area (Å²) in [4.78, 5) is 25.8. The average molecular weight is 466 g/mol. The van der Waals surface area contributed by atoms with Gasteiger partial charge in [-0.3, -0.25) is 4.79 Å². The van der Waals surface area contributed by atoms with Crippen molar-refractivity contribution in [3.8, 4) is 11.5 Å². The Morgan fingerprint density at radius 3 is 2.72 bits per heavy atom. The first kappa shape index (κ1) is 21.4. The third kappa shape index (κ3) is 4.18. The number of Topliss-reactive ketones (excluding diaryl/α,β-unsaturated/α-hetero) is 1. The highest BCUT2D eigenvalue weighted by Crippen LogP contribution is 2.46. The third-order valence-electron chi connectivity index (χ3n) is 5.12. The number of hydrogen-bond donors (Lipinski definition) is 2. The van der Waals surface area contributed by atoms with Crippen LogP contribution in [0.25, 0.3) is 0 Å².